The highest BCUT2D eigenvalue weighted by molar-refractivity contribution is 6.30. The number of anilines is 1. The van der Waals surface area contributed by atoms with Crippen LogP contribution in [0.3, 0.4) is 0 Å². The molecule has 1 unspecified atom stereocenters. The molecule has 0 aliphatic carbocycles. The number of ether oxygens (including phenoxy) is 1. The number of carbonyl (C=O) groups excluding carboxylic acids is 1. The number of amides is 1. The van der Waals surface area contributed by atoms with Crippen LogP contribution in [0.1, 0.15) is 46.0 Å². The van der Waals surface area contributed by atoms with Gasteiger partial charge in [0.25, 0.3) is 0 Å². The summed E-state index contributed by atoms with van der Waals surface area (Å²) in [5.41, 5.74) is 0.692. The number of benzene rings is 1. The van der Waals surface area contributed by atoms with E-state index < -0.39 is 6.09 Å². The summed E-state index contributed by atoms with van der Waals surface area (Å²) in [7, 11) is 0. The SMILES string of the molecule is CCCCCC(CC)OC(=O)Nc1ccc(Cl)cc1. The summed E-state index contributed by atoms with van der Waals surface area (Å²) >= 11 is 5.78. The van der Waals surface area contributed by atoms with Gasteiger partial charge in [0, 0.05) is 10.7 Å². The Kier molecular flexibility index (Phi) is 7.34. The summed E-state index contributed by atoms with van der Waals surface area (Å²) in [6, 6.07) is 6.97. The third-order valence-corrected chi connectivity index (χ3v) is 3.20. The van der Waals surface area contributed by atoms with Crippen LogP contribution in [0.2, 0.25) is 5.02 Å². The fourth-order valence-corrected chi connectivity index (χ4v) is 1.93. The van der Waals surface area contributed by atoms with E-state index in [1.54, 1.807) is 24.3 Å². The Hall–Kier alpha value is -1.22. The molecule has 0 bridgehead atoms. The van der Waals surface area contributed by atoms with Crippen molar-refractivity contribution in [1.29, 1.82) is 0 Å². The van der Waals surface area contributed by atoms with Crippen LogP contribution in [0.25, 0.3) is 0 Å². The largest absolute Gasteiger partial charge is 0.446 e. The number of nitrogens with one attached hydrogen (secondary N) is 1. The molecule has 19 heavy (non-hydrogen) atoms. The molecule has 106 valence electrons. The molecule has 0 saturated carbocycles. The van der Waals surface area contributed by atoms with Crippen LogP contribution in [0, 0.1) is 0 Å². The first-order chi connectivity index (χ1) is 9.15. The third kappa shape index (κ3) is 6.48. The second kappa shape index (κ2) is 8.81. The molecule has 3 nitrogen and oxygen atoms in total. The van der Waals surface area contributed by atoms with Crippen LogP contribution in [0.4, 0.5) is 10.5 Å². The minimum atomic E-state index is -0.398. The van der Waals surface area contributed by atoms with Crippen LogP contribution in [0.15, 0.2) is 24.3 Å². The normalized spacial score (nSPS) is 11.9. The molecule has 4 heteroatoms. The minimum absolute atomic E-state index is 0.00106. The van der Waals surface area contributed by atoms with E-state index in [0.717, 1.165) is 19.3 Å². The fourth-order valence-electron chi connectivity index (χ4n) is 1.80. The lowest BCUT2D eigenvalue weighted by Crippen LogP contribution is -2.22. The zero-order valence-corrected chi connectivity index (χ0v) is 12.4. The molecule has 1 rings (SSSR count). The number of unbranched alkanes of at least 4 members (excludes halogenated alkanes) is 2. The van der Waals surface area contributed by atoms with E-state index in [0.29, 0.717) is 10.7 Å². The Morgan fingerprint density at radius 2 is 1.95 bits per heavy atom. The molecule has 0 spiro atoms. The standard InChI is InChI=1S/C15H22ClNO2/c1-3-5-6-7-14(4-2)19-15(18)17-13-10-8-12(16)9-11-13/h8-11,14H,3-7H2,1-2H3,(H,17,18). The molecule has 0 aromatic heterocycles. The quantitative estimate of drug-likeness (QED) is 0.694. The molecule has 0 heterocycles. The predicted molar refractivity (Wildman–Crippen MR) is 79.8 cm³/mol. The number of hydrogen-bond acceptors (Lipinski definition) is 2. The van der Waals surface area contributed by atoms with Crippen molar-refractivity contribution in [2.75, 3.05) is 5.32 Å². The number of rotatable bonds is 7. The first kappa shape index (κ1) is 15.8. The van der Waals surface area contributed by atoms with Gasteiger partial charge in [-0.1, -0.05) is 38.3 Å². The van der Waals surface area contributed by atoms with Crippen molar-refractivity contribution in [3.63, 3.8) is 0 Å². The lowest BCUT2D eigenvalue weighted by Gasteiger charge is -2.16. The molecular weight excluding hydrogens is 262 g/mol. The Bertz CT molecular complexity index is 378. The summed E-state index contributed by atoms with van der Waals surface area (Å²) in [6.07, 6.45) is 4.83. The number of carbonyl (C=O) groups is 1. The average Bonchev–Trinajstić information content (AvgIpc) is 2.40. The van der Waals surface area contributed by atoms with E-state index in [1.165, 1.54) is 12.8 Å². The van der Waals surface area contributed by atoms with Gasteiger partial charge in [0.15, 0.2) is 0 Å². The van der Waals surface area contributed by atoms with E-state index in [4.69, 9.17) is 16.3 Å². The van der Waals surface area contributed by atoms with Crippen molar-refractivity contribution in [1.82, 2.24) is 0 Å². The van der Waals surface area contributed by atoms with Crippen molar-refractivity contribution < 1.29 is 9.53 Å². The van der Waals surface area contributed by atoms with Gasteiger partial charge in [-0.25, -0.2) is 4.79 Å². The topological polar surface area (TPSA) is 38.3 Å². The lowest BCUT2D eigenvalue weighted by atomic mass is 10.1. The fraction of sp³-hybridized carbons (Fsp3) is 0.533. The molecule has 1 aromatic rings. The first-order valence-corrected chi connectivity index (χ1v) is 7.26. The van der Waals surface area contributed by atoms with Gasteiger partial charge in [-0.15, -0.1) is 0 Å². The average molecular weight is 284 g/mol. The van der Waals surface area contributed by atoms with Crippen LogP contribution in [0.5, 0.6) is 0 Å². The molecule has 0 aliphatic heterocycles. The van der Waals surface area contributed by atoms with Crippen molar-refractivity contribution in [2.45, 2.75) is 52.1 Å². The number of halogens is 1. The van der Waals surface area contributed by atoms with Crippen LogP contribution in [-0.4, -0.2) is 12.2 Å². The maximum atomic E-state index is 11.7. The molecule has 0 radical (unpaired) electrons. The van der Waals surface area contributed by atoms with Gasteiger partial charge in [-0.05, 0) is 43.5 Å². The highest BCUT2D eigenvalue weighted by Gasteiger charge is 2.12. The summed E-state index contributed by atoms with van der Waals surface area (Å²) in [6.45, 7) is 4.20. The van der Waals surface area contributed by atoms with Crippen molar-refractivity contribution in [2.24, 2.45) is 0 Å². The van der Waals surface area contributed by atoms with Crippen LogP contribution >= 0.6 is 11.6 Å². The molecule has 1 amide bonds. The maximum absolute atomic E-state index is 11.7. The van der Waals surface area contributed by atoms with Gasteiger partial charge in [0.1, 0.15) is 6.10 Å². The first-order valence-electron chi connectivity index (χ1n) is 6.89. The Morgan fingerprint density at radius 1 is 1.26 bits per heavy atom. The van der Waals surface area contributed by atoms with Gasteiger partial charge in [0.2, 0.25) is 0 Å². The molecule has 0 aliphatic rings. The monoisotopic (exact) mass is 283 g/mol. The van der Waals surface area contributed by atoms with Crippen LogP contribution in [-0.2, 0) is 4.74 Å². The zero-order valence-electron chi connectivity index (χ0n) is 11.6. The summed E-state index contributed by atoms with van der Waals surface area (Å²) in [5, 5.41) is 3.35. The second-order valence-electron chi connectivity index (χ2n) is 4.56. The summed E-state index contributed by atoms with van der Waals surface area (Å²) in [5.74, 6) is 0. The lowest BCUT2D eigenvalue weighted by molar-refractivity contribution is 0.101. The molecule has 1 N–H and O–H groups in total. The van der Waals surface area contributed by atoms with E-state index in [-0.39, 0.29) is 6.10 Å². The minimum Gasteiger partial charge on any atom is -0.446 e. The van der Waals surface area contributed by atoms with Crippen molar-refractivity contribution in [3.05, 3.63) is 29.3 Å². The predicted octanol–water partition coefficient (Wildman–Crippen LogP) is 5.25. The highest BCUT2D eigenvalue weighted by Crippen LogP contribution is 2.15. The maximum Gasteiger partial charge on any atom is 0.411 e. The zero-order chi connectivity index (χ0) is 14.1. The number of hydrogen-bond donors (Lipinski definition) is 1. The van der Waals surface area contributed by atoms with E-state index in [1.807, 2.05) is 6.92 Å². The van der Waals surface area contributed by atoms with E-state index >= 15 is 0 Å². The van der Waals surface area contributed by atoms with E-state index in [9.17, 15) is 4.79 Å². The van der Waals surface area contributed by atoms with Gasteiger partial charge in [-0.2, -0.15) is 0 Å². The molecular formula is C15H22ClNO2. The Balaban J connectivity index is 2.37. The smallest absolute Gasteiger partial charge is 0.411 e. The molecule has 1 aromatic carbocycles. The Morgan fingerprint density at radius 3 is 2.53 bits per heavy atom. The van der Waals surface area contributed by atoms with Gasteiger partial charge < -0.3 is 4.74 Å². The van der Waals surface area contributed by atoms with Gasteiger partial charge in [-0.3, -0.25) is 5.32 Å². The van der Waals surface area contributed by atoms with Gasteiger partial charge >= 0.3 is 6.09 Å². The summed E-state index contributed by atoms with van der Waals surface area (Å²) < 4.78 is 5.40. The summed E-state index contributed by atoms with van der Waals surface area (Å²) in [4.78, 5) is 11.7. The van der Waals surface area contributed by atoms with Crippen molar-refractivity contribution >= 4 is 23.4 Å². The highest BCUT2D eigenvalue weighted by atomic mass is 35.5. The molecule has 0 saturated heterocycles. The molecule has 0 fully saturated rings. The Labute approximate surface area is 120 Å². The van der Waals surface area contributed by atoms with Crippen LogP contribution < -0.4 is 5.32 Å². The molecule has 1 atom stereocenters. The van der Waals surface area contributed by atoms with Gasteiger partial charge in [0.05, 0.1) is 0 Å². The third-order valence-electron chi connectivity index (χ3n) is 2.95. The van der Waals surface area contributed by atoms with E-state index in [2.05, 4.69) is 12.2 Å². The second-order valence-corrected chi connectivity index (χ2v) is 5.00. The van der Waals surface area contributed by atoms with Crippen molar-refractivity contribution in [3.8, 4) is 0 Å².